The lowest BCUT2D eigenvalue weighted by Gasteiger charge is -2.04. The number of halogens is 1. The highest BCUT2D eigenvalue weighted by Gasteiger charge is 2.05. The van der Waals surface area contributed by atoms with Crippen LogP contribution < -0.4 is 11.3 Å². The SMILES string of the molecule is NC(=O)CCn1ncc2cc(Br)ccc2c1=O. The van der Waals surface area contributed by atoms with E-state index in [1.165, 1.54) is 4.68 Å². The van der Waals surface area contributed by atoms with Gasteiger partial charge in [0.25, 0.3) is 5.56 Å². The van der Waals surface area contributed by atoms with Gasteiger partial charge in [0.05, 0.1) is 18.1 Å². The first-order valence-electron chi connectivity index (χ1n) is 5.01. The summed E-state index contributed by atoms with van der Waals surface area (Å²) in [5.74, 6) is -0.449. The van der Waals surface area contributed by atoms with E-state index in [9.17, 15) is 9.59 Å². The number of nitrogens with two attached hydrogens (primary N) is 1. The van der Waals surface area contributed by atoms with Gasteiger partial charge in [-0.15, -0.1) is 0 Å². The van der Waals surface area contributed by atoms with Crippen LogP contribution in [0, 0.1) is 0 Å². The summed E-state index contributed by atoms with van der Waals surface area (Å²) in [5, 5.41) is 5.34. The van der Waals surface area contributed by atoms with Gasteiger partial charge >= 0.3 is 0 Å². The van der Waals surface area contributed by atoms with Gasteiger partial charge in [0.15, 0.2) is 0 Å². The Morgan fingerprint density at radius 2 is 2.24 bits per heavy atom. The van der Waals surface area contributed by atoms with Crippen molar-refractivity contribution >= 4 is 32.6 Å². The predicted molar refractivity (Wildman–Crippen MR) is 67.5 cm³/mol. The van der Waals surface area contributed by atoms with Crippen molar-refractivity contribution in [2.45, 2.75) is 13.0 Å². The van der Waals surface area contributed by atoms with E-state index < -0.39 is 5.91 Å². The number of hydrogen-bond acceptors (Lipinski definition) is 3. The number of hydrogen-bond donors (Lipinski definition) is 1. The van der Waals surface area contributed by atoms with Crippen LogP contribution in [-0.4, -0.2) is 15.7 Å². The lowest BCUT2D eigenvalue weighted by Crippen LogP contribution is -2.25. The summed E-state index contributed by atoms with van der Waals surface area (Å²) >= 11 is 3.33. The Morgan fingerprint density at radius 3 is 2.94 bits per heavy atom. The number of nitrogens with zero attached hydrogens (tertiary/aromatic N) is 2. The second kappa shape index (κ2) is 4.67. The molecule has 1 aromatic heterocycles. The van der Waals surface area contributed by atoms with Gasteiger partial charge in [-0.2, -0.15) is 5.10 Å². The van der Waals surface area contributed by atoms with E-state index in [2.05, 4.69) is 21.0 Å². The van der Waals surface area contributed by atoms with E-state index in [1.54, 1.807) is 18.3 Å². The molecule has 1 aromatic carbocycles. The molecule has 0 aliphatic heterocycles. The van der Waals surface area contributed by atoms with Gasteiger partial charge in [-0.25, -0.2) is 4.68 Å². The molecule has 0 fully saturated rings. The van der Waals surface area contributed by atoms with Crippen molar-refractivity contribution in [2.24, 2.45) is 5.73 Å². The van der Waals surface area contributed by atoms with Crippen LogP contribution in [0.4, 0.5) is 0 Å². The molecule has 17 heavy (non-hydrogen) atoms. The Kier molecular flexibility index (Phi) is 3.23. The molecule has 0 aliphatic rings. The highest BCUT2D eigenvalue weighted by molar-refractivity contribution is 9.10. The molecular formula is C11H10BrN3O2. The Balaban J connectivity index is 2.47. The molecule has 2 N–H and O–H groups in total. The molecule has 0 saturated heterocycles. The molecule has 1 amide bonds. The molecule has 2 aromatic rings. The molecule has 5 nitrogen and oxygen atoms in total. The Morgan fingerprint density at radius 1 is 1.47 bits per heavy atom. The Labute approximate surface area is 105 Å². The number of aromatic nitrogens is 2. The largest absolute Gasteiger partial charge is 0.370 e. The highest BCUT2D eigenvalue weighted by Crippen LogP contribution is 2.15. The normalized spacial score (nSPS) is 10.6. The summed E-state index contributed by atoms with van der Waals surface area (Å²) in [4.78, 5) is 22.7. The number of primary amides is 1. The smallest absolute Gasteiger partial charge is 0.274 e. The second-order valence-corrected chi connectivity index (χ2v) is 4.54. The number of fused-ring (bicyclic) bond motifs is 1. The molecular weight excluding hydrogens is 286 g/mol. The summed E-state index contributed by atoms with van der Waals surface area (Å²) in [5.41, 5.74) is 4.82. The minimum atomic E-state index is -0.449. The first-order chi connectivity index (χ1) is 8.08. The van der Waals surface area contributed by atoms with Crippen LogP contribution in [0.1, 0.15) is 6.42 Å². The number of amides is 1. The average Bonchev–Trinajstić information content (AvgIpc) is 2.27. The summed E-state index contributed by atoms with van der Waals surface area (Å²) in [6.07, 6.45) is 1.71. The minimum absolute atomic E-state index is 0.106. The summed E-state index contributed by atoms with van der Waals surface area (Å²) in [6, 6.07) is 5.34. The fourth-order valence-corrected chi connectivity index (χ4v) is 1.91. The fourth-order valence-electron chi connectivity index (χ4n) is 1.53. The van der Waals surface area contributed by atoms with E-state index >= 15 is 0 Å². The molecule has 0 spiro atoms. The molecule has 1 heterocycles. The Hall–Kier alpha value is -1.69. The van der Waals surface area contributed by atoms with Crippen molar-refractivity contribution in [1.29, 1.82) is 0 Å². The zero-order valence-electron chi connectivity index (χ0n) is 8.89. The zero-order valence-corrected chi connectivity index (χ0v) is 10.5. The topological polar surface area (TPSA) is 78.0 Å². The average molecular weight is 296 g/mol. The number of carbonyl (C=O) groups excluding carboxylic acids is 1. The zero-order chi connectivity index (χ0) is 12.4. The third-order valence-corrected chi connectivity index (χ3v) is 2.88. The van der Waals surface area contributed by atoms with Crippen molar-refractivity contribution in [3.05, 3.63) is 39.2 Å². The van der Waals surface area contributed by atoms with Crippen LogP contribution in [0.15, 0.2) is 33.7 Å². The molecule has 2 rings (SSSR count). The maximum atomic E-state index is 12.0. The molecule has 0 atom stereocenters. The number of benzene rings is 1. The first-order valence-corrected chi connectivity index (χ1v) is 5.81. The molecule has 0 bridgehead atoms. The number of rotatable bonds is 3. The lowest BCUT2D eigenvalue weighted by atomic mass is 10.2. The van der Waals surface area contributed by atoms with Crippen molar-refractivity contribution in [3.8, 4) is 0 Å². The molecule has 0 radical (unpaired) electrons. The van der Waals surface area contributed by atoms with E-state index in [4.69, 9.17) is 5.73 Å². The van der Waals surface area contributed by atoms with Crippen LogP contribution in [0.25, 0.3) is 10.8 Å². The maximum Gasteiger partial charge on any atom is 0.274 e. The van der Waals surface area contributed by atoms with Gasteiger partial charge in [-0.3, -0.25) is 9.59 Å². The van der Waals surface area contributed by atoms with Crippen LogP contribution in [0.2, 0.25) is 0 Å². The van der Waals surface area contributed by atoms with Gasteiger partial charge in [0.1, 0.15) is 0 Å². The summed E-state index contributed by atoms with van der Waals surface area (Å²) < 4.78 is 2.14. The molecule has 0 unspecified atom stereocenters. The van der Waals surface area contributed by atoms with E-state index in [1.807, 2.05) is 6.07 Å². The third-order valence-electron chi connectivity index (χ3n) is 2.38. The van der Waals surface area contributed by atoms with Gasteiger partial charge in [0.2, 0.25) is 5.91 Å². The monoisotopic (exact) mass is 295 g/mol. The third kappa shape index (κ3) is 2.52. The lowest BCUT2D eigenvalue weighted by molar-refractivity contribution is -0.118. The quantitative estimate of drug-likeness (QED) is 0.919. The van der Waals surface area contributed by atoms with E-state index in [0.717, 1.165) is 9.86 Å². The first kappa shape index (κ1) is 11.8. The van der Waals surface area contributed by atoms with E-state index in [-0.39, 0.29) is 18.5 Å². The van der Waals surface area contributed by atoms with Crippen molar-refractivity contribution < 1.29 is 4.79 Å². The summed E-state index contributed by atoms with van der Waals surface area (Å²) in [7, 11) is 0. The van der Waals surface area contributed by atoms with Crippen LogP contribution in [0.3, 0.4) is 0 Å². The highest BCUT2D eigenvalue weighted by atomic mass is 79.9. The van der Waals surface area contributed by atoms with Crippen LogP contribution in [-0.2, 0) is 11.3 Å². The van der Waals surface area contributed by atoms with Crippen molar-refractivity contribution in [1.82, 2.24) is 9.78 Å². The number of aryl methyl sites for hydroxylation is 1. The van der Waals surface area contributed by atoms with Gasteiger partial charge < -0.3 is 5.73 Å². The summed E-state index contributed by atoms with van der Waals surface area (Å²) in [6.45, 7) is 0.209. The maximum absolute atomic E-state index is 12.0. The van der Waals surface area contributed by atoms with Crippen molar-refractivity contribution in [3.63, 3.8) is 0 Å². The molecule has 0 saturated carbocycles. The standard InChI is InChI=1S/C11H10BrN3O2/c12-8-1-2-9-7(5-8)6-14-15(11(9)17)4-3-10(13)16/h1-2,5-6H,3-4H2,(H2,13,16). The molecule has 88 valence electrons. The fraction of sp³-hybridized carbons (Fsp3) is 0.182. The van der Waals surface area contributed by atoms with Gasteiger partial charge in [-0.1, -0.05) is 15.9 Å². The van der Waals surface area contributed by atoms with Gasteiger partial charge in [0, 0.05) is 16.3 Å². The van der Waals surface area contributed by atoms with E-state index in [0.29, 0.717) is 5.39 Å². The van der Waals surface area contributed by atoms with Crippen LogP contribution >= 0.6 is 15.9 Å². The van der Waals surface area contributed by atoms with Gasteiger partial charge in [-0.05, 0) is 18.2 Å². The second-order valence-electron chi connectivity index (χ2n) is 3.62. The number of carbonyl (C=O) groups is 1. The predicted octanol–water partition coefficient (Wildman–Crippen LogP) is 1.03. The molecule has 6 heteroatoms. The molecule has 0 aliphatic carbocycles. The van der Waals surface area contributed by atoms with Crippen molar-refractivity contribution in [2.75, 3.05) is 0 Å². The Bertz CT molecular complexity index is 636. The minimum Gasteiger partial charge on any atom is -0.370 e. The van der Waals surface area contributed by atoms with Crippen LogP contribution in [0.5, 0.6) is 0 Å².